The molecule has 10 heteroatoms. The van der Waals surface area contributed by atoms with Gasteiger partial charge >= 0.3 is 13.8 Å². The van der Waals surface area contributed by atoms with Crippen LogP contribution in [0.2, 0.25) is 0 Å². The molecule has 0 aliphatic carbocycles. The van der Waals surface area contributed by atoms with Gasteiger partial charge in [-0.05, 0) is 102 Å². The van der Waals surface area contributed by atoms with E-state index in [-0.39, 0.29) is 31.5 Å². The number of esters is 1. The summed E-state index contributed by atoms with van der Waals surface area (Å²) in [5.74, 6) is -0.518. The van der Waals surface area contributed by atoms with Crippen molar-refractivity contribution in [3.63, 3.8) is 0 Å². The topological polar surface area (TPSA) is 111 Å². The molecule has 0 fully saturated rings. The van der Waals surface area contributed by atoms with Crippen LogP contribution in [0.15, 0.2) is 85.1 Å². The Morgan fingerprint density at radius 3 is 1.13 bits per heavy atom. The van der Waals surface area contributed by atoms with Gasteiger partial charge < -0.3 is 19.4 Å². The van der Waals surface area contributed by atoms with E-state index < -0.39 is 20.0 Å². The zero-order valence-corrected chi connectivity index (χ0v) is 58.2. The predicted molar refractivity (Wildman–Crippen MR) is 374 cm³/mol. The number of likely N-dealkylation sites (N-methyl/N-ethyl adjacent to an activating group) is 1. The van der Waals surface area contributed by atoms with Crippen LogP contribution in [0.5, 0.6) is 0 Å². The van der Waals surface area contributed by atoms with E-state index >= 15 is 0 Å². The van der Waals surface area contributed by atoms with Crippen LogP contribution in [0, 0.1) is 0 Å². The zero-order valence-electron chi connectivity index (χ0n) is 57.3. The third-order valence-corrected chi connectivity index (χ3v) is 17.1. The Labute approximate surface area is 533 Å². The minimum absolute atomic E-state index is 0.0350. The van der Waals surface area contributed by atoms with Crippen LogP contribution in [0.3, 0.4) is 0 Å². The highest BCUT2D eigenvalue weighted by Crippen LogP contribution is 2.43. The van der Waals surface area contributed by atoms with Crippen LogP contribution in [0.25, 0.3) is 0 Å². The maximum atomic E-state index is 13.6. The summed E-state index contributed by atoms with van der Waals surface area (Å²) in [5, 5.41) is 3.07. The van der Waals surface area contributed by atoms with Gasteiger partial charge in [-0.1, -0.05) is 305 Å². The minimum atomic E-state index is -4.46. The fraction of sp³-hybridized carbons (Fsp3) is 0.789. The number of hydrogen-bond donors (Lipinski definition) is 2. The van der Waals surface area contributed by atoms with E-state index in [1.165, 1.54) is 193 Å². The summed E-state index contributed by atoms with van der Waals surface area (Å²) in [7, 11) is 1.49. The highest BCUT2D eigenvalue weighted by molar-refractivity contribution is 7.47. The Kier molecular flexibility index (Phi) is 63.0. The molecule has 0 rings (SSSR count). The first-order valence-electron chi connectivity index (χ1n) is 36.4. The number of quaternary nitrogens is 1. The van der Waals surface area contributed by atoms with Crippen LogP contribution in [0.1, 0.15) is 335 Å². The monoisotopic (exact) mass is 1220 g/mol. The molecule has 0 aromatic carbocycles. The van der Waals surface area contributed by atoms with Crippen LogP contribution in [-0.2, 0) is 27.9 Å². The average molecular weight is 1220 g/mol. The van der Waals surface area contributed by atoms with Gasteiger partial charge in [0.2, 0.25) is 5.91 Å². The number of allylic oxidation sites excluding steroid dienone is 13. The number of unbranched alkanes of at least 4 members (excludes halogenated alkanes) is 38. The van der Waals surface area contributed by atoms with Crippen molar-refractivity contribution in [2.45, 2.75) is 348 Å². The Hall–Kier alpha value is -2.81. The summed E-state index contributed by atoms with van der Waals surface area (Å²) in [4.78, 5) is 37.9. The second kappa shape index (κ2) is 65.2. The molecular formula is C76H140N2O7P+. The lowest BCUT2D eigenvalue weighted by molar-refractivity contribution is -0.870. The second-order valence-corrected chi connectivity index (χ2v) is 27.2. The molecule has 3 unspecified atom stereocenters. The Morgan fingerprint density at radius 1 is 0.419 bits per heavy atom. The van der Waals surface area contributed by atoms with E-state index in [9.17, 15) is 19.0 Å². The van der Waals surface area contributed by atoms with E-state index in [1.54, 1.807) is 0 Å². The van der Waals surface area contributed by atoms with Gasteiger partial charge in [0.15, 0.2) is 0 Å². The number of rotatable bonds is 66. The van der Waals surface area contributed by atoms with Gasteiger partial charge in [-0.3, -0.25) is 18.6 Å². The number of hydrogen-bond acceptors (Lipinski definition) is 6. The molecule has 2 N–H and O–H groups in total. The maximum Gasteiger partial charge on any atom is 0.472 e. The first-order chi connectivity index (χ1) is 41.9. The van der Waals surface area contributed by atoms with Crippen LogP contribution < -0.4 is 5.32 Å². The van der Waals surface area contributed by atoms with Crippen molar-refractivity contribution in [1.29, 1.82) is 0 Å². The Morgan fingerprint density at radius 2 is 0.744 bits per heavy atom. The van der Waals surface area contributed by atoms with Crippen LogP contribution >= 0.6 is 7.82 Å². The highest BCUT2D eigenvalue weighted by Gasteiger charge is 2.30. The Bertz CT molecular complexity index is 1750. The van der Waals surface area contributed by atoms with E-state index in [2.05, 4.69) is 99.0 Å². The molecule has 3 atom stereocenters. The SMILES string of the molecule is CC/C=C\C/C=C\C/C=C\C/C=C\C/C=C\CCCCCCCC(=O)OC(/C=C\CCCCCCCCCCCC)C(COP(=O)(O)OCC[N+](C)(C)C)NC(=O)CCCCCCCCCCCCCCCCCCC/C=C/CCCCCCCC. The molecular weight excluding hydrogens is 1080 g/mol. The van der Waals surface area contributed by atoms with Gasteiger partial charge in [-0.15, -0.1) is 0 Å². The van der Waals surface area contributed by atoms with Crippen molar-refractivity contribution in [2.24, 2.45) is 0 Å². The van der Waals surface area contributed by atoms with Crippen LogP contribution in [-0.4, -0.2) is 74.3 Å². The molecule has 0 aromatic rings. The lowest BCUT2D eigenvalue weighted by Crippen LogP contribution is -2.47. The summed E-state index contributed by atoms with van der Waals surface area (Å²) < 4.78 is 30.8. The number of amides is 1. The fourth-order valence-corrected chi connectivity index (χ4v) is 11.2. The van der Waals surface area contributed by atoms with Crippen molar-refractivity contribution < 1.29 is 37.3 Å². The number of carbonyl (C=O) groups is 2. The van der Waals surface area contributed by atoms with Crippen molar-refractivity contribution in [3.05, 3.63) is 85.1 Å². The quantitative estimate of drug-likeness (QED) is 0.0205. The van der Waals surface area contributed by atoms with Crippen LogP contribution in [0.4, 0.5) is 0 Å². The van der Waals surface area contributed by atoms with E-state index in [0.717, 1.165) is 103 Å². The Balaban J connectivity index is 5.04. The first-order valence-corrected chi connectivity index (χ1v) is 37.9. The lowest BCUT2D eigenvalue weighted by atomic mass is 10.0. The maximum absolute atomic E-state index is 13.6. The molecule has 0 aliphatic rings. The summed E-state index contributed by atoms with van der Waals surface area (Å²) in [5.41, 5.74) is 0. The van der Waals surface area contributed by atoms with Gasteiger partial charge in [0.05, 0.1) is 33.8 Å². The molecule has 0 radical (unpaired) electrons. The van der Waals surface area contributed by atoms with Crippen molar-refractivity contribution in [3.8, 4) is 0 Å². The van der Waals surface area contributed by atoms with Crippen molar-refractivity contribution in [1.82, 2.24) is 5.32 Å². The van der Waals surface area contributed by atoms with Gasteiger partial charge in [0.1, 0.15) is 19.3 Å². The average Bonchev–Trinajstić information content (AvgIpc) is 3.69. The zero-order chi connectivity index (χ0) is 62.8. The highest BCUT2D eigenvalue weighted by atomic mass is 31.2. The van der Waals surface area contributed by atoms with Gasteiger partial charge in [0.25, 0.3) is 0 Å². The summed E-state index contributed by atoms with van der Waals surface area (Å²) >= 11 is 0. The molecule has 0 bridgehead atoms. The third kappa shape index (κ3) is 65.6. The standard InChI is InChI=1S/C76H139N2O7P/c1-7-10-13-16-19-22-25-28-30-32-34-36-37-38-39-40-41-43-44-46-48-50-53-56-59-62-65-68-75(79)77-73(72-84-86(81,82)83-71-70-78(4,5)6)74(67-64-61-58-55-52-27-24-21-18-15-12-9-3)85-76(80)69-66-63-60-57-54-51-49-47-45-42-35-33-31-29-26-23-20-17-14-11-8-2/h11,14,20,23,28-31,35,42,47,49,64,67,73-74H,7-10,12-13,15-19,21-22,24-27,32-34,36-41,43-46,48,50-63,65-66,68-72H2,1-6H3,(H-,77,79,81,82)/p+1/b14-11-,23-20-,30-28+,31-29-,42-35-,49-47-,67-64-. The van der Waals surface area contributed by atoms with Crippen molar-refractivity contribution >= 4 is 19.7 Å². The molecule has 1 amide bonds. The molecule has 500 valence electrons. The number of phosphoric acid groups is 1. The second-order valence-electron chi connectivity index (χ2n) is 25.7. The first kappa shape index (κ1) is 83.2. The molecule has 0 saturated heterocycles. The smallest absolute Gasteiger partial charge is 0.456 e. The predicted octanol–water partition coefficient (Wildman–Crippen LogP) is 23.3. The summed E-state index contributed by atoms with van der Waals surface area (Å²) in [6.07, 6.45) is 87.5. The lowest BCUT2D eigenvalue weighted by Gasteiger charge is -2.27. The molecule has 0 saturated carbocycles. The number of ether oxygens (including phenoxy) is 1. The van der Waals surface area contributed by atoms with E-state index in [1.807, 2.05) is 33.3 Å². The third-order valence-electron chi connectivity index (χ3n) is 16.1. The minimum Gasteiger partial charge on any atom is -0.456 e. The largest absolute Gasteiger partial charge is 0.472 e. The van der Waals surface area contributed by atoms with Gasteiger partial charge in [-0.2, -0.15) is 0 Å². The van der Waals surface area contributed by atoms with E-state index in [4.69, 9.17) is 13.8 Å². The van der Waals surface area contributed by atoms with Gasteiger partial charge in [0, 0.05) is 12.8 Å². The normalized spacial score (nSPS) is 14.0. The number of nitrogens with zero attached hydrogens (tertiary/aromatic N) is 1. The summed E-state index contributed by atoms with van der Waals surface area (Å²) in [6, 6.07) is -0.860. The number of carbonyl (C=O) groups excluding carboxylic acids is 2. The molecule has 9 nitrogen and oxygen atoms in total. The fourth-order valence-electron chi connectivity index (χ4n) is 10.5. The molecule has 0 aliphatic heterocycles. The number of phosphoric ester groups is 1. The number of nitrogens with one attached hydrogen (secondary N) is 1. The molecule has 0 aromatic heterocycles. The molecule has 0 spiro atoms. The molecule has 86 heavy (non-hydrogen) atoms. The van der Waals surface area contributed by atoms with Crippen molar-refractivity contribution in [2.75, 3.05) is 40.9 Å². The molecule has 0 heterocycles. The van der Waals surface area contributed by atoms with Gasteiger partial charge in [-0.25, -0.2) is 4.57 Å². The van der Waals surface area contributed by atoms with E-state index in [0.29, 0.717) is 23.9 Å². The summed E-state index contributed by atoms with van der Waals surface area (Å²) in [6.45, 7) is 6.91.